The highest BCUT2D eigenvalue weighted by Gasteiger charge is 2.22. The van der Waals surface area contributed by atoms with E-state index in [-0.39, 0.29) is 31.0 Å². The predicted molar refractivity (Wildman–Crippen MR) is 85.3 cm³/mol. The second kappa shape index (κ2) is 11.1. The van der Waals surface area contributed by atoms with Crippen LogP contribution in [-0.4, -0.2) is 65.5 Å². The minimum absolute atomic E-state index is 0.126. The number of ether oxygens (including phenoxy) is 3. The lowest BCUT2D eigenvalue weighted by atomic mass is 10.3. The topological polar surface area (TPSA) is 149 Å². The molecule has 0 amide bonds. The molecule has 11 heteroatoms. The van der Waals surface area contributed by atoms with Gasteiger partial charge in [-0.05, 0) is 13.8 Å². The van der Waals surface area contributed by atoms with Crippen molar-refractivity contribution in [1.29, 1.82) is 0 Å². The number of aliphatic hydroxyl groups excluding tert-OH is 1. The summed E-state index contributed by atoms with van der Waals surface area (Å²) >= 11 is 0. The van der Waals surface area contributed by atoms with Crippen LogP contribution in [0.1, 0.15) is 13.8 Å². The first kappa shape index (κ1) is 23.4. The fraction of sp³-hybridized carbons (Fsp3) is 0.571. The first-order chi connectivity index (χ1) is 11.4. The molecule has 0 saturated heterocycles. The number of hydrogen-bond donors (Lipinski definition) is 3. The molecule has 0 bridgehead atoms. The lowest BCUT2D eigenvalue weighted by Gasteiger charge is -2.20. The summed E-state index contributed by atoms with van der Waals surface area (Å²) in [7, 11) is -4.75. The fourth-order valence-corrected chi connectivity index (χ4v) is 1.57. The largest absolute Gasteiger partial charge is 0.469 e. The highest BCUT2D eigenvalue weighted by Crippen LogP contribution is 2.35. The zero-order chi connectivity index (χ0) is 19.6. The maximum Gasteiger partial charge on any atom is 0.469 e. The molecular weight excluding hydrogens is 359 g/mol. The van der Waals surface area contributed by atoms with E-state index in [2.05, 4.69) is 17.7 Å². The van der Waals surface area contributed by atoms with Crippen molar-refractivity contribution in [2.75, 3.05) is 26.4 Å². The Hall–Kier alpha value is -1.55. The van der Waals surface area contributed by atoms with E-state index >= 15 is 0 Å². The Kier molecular flexibility index (Phi) is 10.4. The number of aliphatic hydroxyl groups is 1. The van der Waals surface area contributed by atoms with E-state index in [1.54, 1.807) is 0 Å². The van der Waals surface area contributed by atoms with E-state index in [0.29, 0.717) is 0 Å². The summed E-state index contributed by atoms with van der Waals surface area (Å²) < 4.78 is 29.8. The third kappa shape index (κ3) is 12.5. The minimum Gasteiger partial charge on any atom is -0.460 e. The van der Waals surface area contributed by atoms with Crippen LogP contribution in [0, 0.1) is 0 Å². The van der Waals surface area contributed by atoms with E-state index in [0.717, 1.165) is 0 Å². The second-order valence-electron chi connectivity index (χ2n) is 5.15. The van der Waals surface area contributed by atoms with Crippen molar-refractivity contribution >= 4 is 19.8 Å². The standard InChI is InChI=1S/C14H23O10P/c1-9(2)13(16)22-6-11(15)5-21-12(8-24-25(18,19)20)7-23-14(17)10(3)4/h11-12,15H,1,3,5-8H2,2,4H3,(H2,18,19,20). The maximum atomic E-state index is 11.3. The van der Waals surface area contributed by atoms with Crippen molar-refractivity contribution in [3.63, 3.8) is 0 Å². The number of carbonyl (C=O) groups excluding carboxylic acids is 2. The third-order valence-corrected chi connectivity index (χ3v) is 2.94. The van der Waals surface area contributed by atoms with Gasteiger partial charge in [0.2, 0.25) is 0 Å². The smallest absolute Gasteiger partial charge is 0.460 e. The van der Waals surface area contributed by atoms with Gasteiger partial charge in [0.25, 0.3) is 0 Å². The lowest BCUT2D eigenvalue weighted by Crippen LogP contribution is -2.32. The van der Waals surface area contributed by atoms with Gasteiger partial charge in [-0.3, -0.25) is 4.52 Å². The first-order valence-corrected chi connectivity index (χ1v) is 8.60. The molecule has 0 aromatic rings. The number of hydrogen-bond acceptors (Lipinski definition) is 8. The number of phosphoric ester groups is 1. The van der Waals surface area contributed by atoms with Crippen LogP contribution in [0.2, 0.25) is 0 Å². The molecule has 0 aromatic heterocycles. The molecule has 0 spiro atoms. The average molecular weight is 382 g/mol. The van der Waals surface area contributed by atoms with Gasteiger partial charge in [0.15, 0.2) is 0 Å². The van der Waals surface area contributed by atoms with Gasteiger partial charge in [0.05, 0.1) is 13.2 Å². The zero-order valence-corrected chi connectivity index (χ0v) is 14.9. The minimum atomic E-state index is -4.75. The van der Waals surface area contributed by atoms with Crippen molar-refractivity contribution in [2.24, 2.45) is 0 Å². The Bertz CT molecular complexity index is 538. The van der Waals surface area contributed by atoms with Crippen LogP contribution in [0.15, 0.2) is 24.3 Å². The van der Waals surface area contributed by atoms with Crippen LogP contribution in [-0.2, 0) is 32.9 Å². The van der Waals surface area contributed by atoms with Gasteiger partial charge in [-0.1, -0.05) is 13.2 Å². The summed E-state index contributed by atoms with van der Waals surface area (Å²) in [5, 5.41) is 9.67. The molecule has 0 radical (unpaired) electrons. The number of rotatable bonds is 12. The molecule has 0 aliphatic heterocycles. The van der Waals surface area contributed by atoms with Gasteiger partial charge in [0, 0.05) is 11.1 Å². The Morgan fingerprint density at radius 1 is 0.960 bits per heavy atom. The summed E-state index contributed by atoms with van der Waals surface area (Å²) in [6.07, 6.45) is -2.28. The van der Waals surface area contributed by atoms with Crippen molar-refractivity contribution in [3.8, 4) is 0 Å². The molecule has 0 heterocycles. The Labute approximate surface area is 145 Å². The van der Waals surface area contributed by atoms with E-state index < -0.39 is 38.6 Å². The summed E-state index contributed by atoms with van der Waals surface area (Å²) in [6.45, 7) is 7.91. The molecule has 2 atom stereocenters. The van der Waals surface area contributed by atoms with E-state index in [4.69, 9.17) is 24.0 Å². The quantitative estimate of drug-likeness (QED) is 0.241. The van der Waals surface area contributed by atoms with Crippen LogP contribution in [0.25, 0.3) is 0 Å². The molecule has 25 heavy (non-hydrogen) atoms. The van der Waals surface area contributed by atoms with Crippen LogP contribution in [0.4, 0.5) is 0 Å². The molecule has 144 valence electrons. The number of esters is 2. The van der Waals surface area contributed by atoms with Crippen molar-refractivity contribution in [1.82, 2.24) is 0 Å². The second-order valence-corrected chi connectivity index (χ2v) is 6.39. The Morgan fingerprint density at radius 3 is 1.88 bits per heavy atom. The summed E-state index contributed by atoms with van der Waals surface area (Å²) in [5.41, 5.74) is 0.286. The molecule has 10 nitrogen and oxygen atoms in total. The summed E-state index contributed by atoms with van der Waals surface area (Å²) in [4.78, 5) is 39.9. The van der Waals surface area contributed by atoms with E-state index in [9.17, 15) is 19.3 Å². The molecule has 0 aliphatic rings. The molecule has 0 rings (SSSR count). The molecule has 0 aliphatic carbocycles. The fourth-order valence-electron chi connectivity index (χ4n) is 1.21. The van der Waals surface area contributed by atoms with Crippen LogP contribution < -0.4 is 0 Å². The van der Waals surface area contributed by atoms with E-state index in [1.165, 1.54) is 13.8 Å². The summed E-state index contributed by atoms with van der Waals surface area (Å²) in [6, 6.07) is 0. The molecule has 2 unspecified atom stereocenters. The van der Waals surface area contributed by atoms with Crippen LogP contribution in [0.3, 0.4) is 0 Å². The molecular formula is C14H23O10P. The monoisotopic (exact) mass is 382 g/mol. The average Bonchev–Trinajstić information content (AvgIpc) is 2.49. The summed E-state index contributed by atoms with van der Waals surface area (Å²) in [5.74, 6) is -1.41. The Balaban J connectivity index is 4.47. The van der Waals surface area contributed by atoms with Gasteiger partial charge < -0.3 is 29.1 Å². The zero-order valence-electron chi connectivity index (χ0n) is 14.0. The molecule has 0 aromatic carbocycles. The molecule has 3 N–H and O–H groups in total. The Morgan fingerprint density at radius 2 is 1.44 bits per heavy atom. The van der Waals surface area contributed by atoms with Crippen molar-refractivity contribution in [3.05, 3.63) is 24.3 Å². The van der Waals surface area contributed by atoms with Crippen LogP contribution >= 0.6 is 7.82 Å². The first-order valence-electron chi connectivity index (χ1n) is 7.07. The van der Waals surface area contributed by atoms with Crippen LogP contribution in [0.5, 0.6) is 0 Å². The number of phosphoric acid groups is 1. The third-order valence-electron chi connectivity index (χ3n) is 2.46. The van der Waals surface area contributed by atoms with Crippen molar-refractivity contribution in [2.45, 2.75) is 26.1 Å². The molecule has 0 saturated carbocycles. The lowest BCUT2D eigenvalue weighted by molar-refractivity contribution is -0.149. The number of carbonyl (C=O) groups is 2. The van der Waals surface area contributed by atoms with E-state index in [1.807, 2.05) is 0 Å². The predicted octanol–water partition coefficient (Wildman–Crippen LogP) is 0.0804. The van der Waals surface area contributed by atoms with Gasteiger partial charge >= 0.3 is 19.8 Å². The van der Waals surface area contributed by atoms with Gasteiger partial charge in [0.1, 0.15) is 25.4 Å². The maximum absolute atomic E-state index is 11.3. The highest BCUT2D eigenvalue weighted by molar-refractivity contribution is 7.46. The SMILES string of the molecule is C=C(C)C(=O)OCC(O)COC(COC(=O)C(=C)C)COP(=O)(O)O. The van der Waals surface area contributed by atoms with Gasteiger partial charge in [-0.15, -0.1) is 0 Å². The van der Waals surface area contributed by atoms with Gasteiger partial charge in [-0.25, -0.2) is 14.2 Å². The normalized spacial score (nSPS) is 13.6. The van der Waals surface area contributed by atoms with Crippen molar-refractivity contribution < 1.29 is 47.8 Å². The highest BCUT2D eigenvalue weighted by atomic mass is 31.2. The molecule has 0 fully saturated rings. The van der Waals surface area contributed by atoms with Gasteiger partial charge in [-0.2, -0.15) is 0 Å².